The third kappa shape index (κ3) is 4.74. The first-order chi connectivity index (χ1) is 16.6. The second kappa shape index (κ2) is 10.3. The third-order valence-corrected chi connectivity index (χ3v) is 5.76. The van der Waals surface area contributed by atoms with Crippen LogP contribution in [0.4, 0.5) is 0 Å². The van der Waals surface area contributed by atoms with E-state index in [0.717, 1.165) is 22.0 Å². The molecule has 8 heteroatoms. The number of nitrogens with zero attached hydrogens (tertiary/aromatic N) is 6. The number of hydrogen-bond donors (Lipinski definition) is 1. The zero-order chi connectivity index (χ0) is 23.9. The van der Waals surface area contributed by atoms with Crippen LogP contribution in [0.25, 0.3) is 16.0 Å². The average molecular weight is 451 g/mol. The molecule has 2 aromatic carbocycles. The molecular formula is C26H24N7O+. The van der Waals surface area contributed by atoms with Crippen molar-refractivity contribution in [2.24, 2.45) is 17.3 Å². The molecule has 1 aliphatic carbocycles. The first-order valence-electron chi connectivity index (χ1n) is 10.9. The van der Waals surface area contributed by atoms with Crippen LogP contribution < -0.4 is 0 Å². The van der Waals surface area contributed by atoms with Gasteiger partial charge in [-0.1, -0.05) is 66.8 Å². The maximum atomic E-state index is 13.7. The lowest BCUT2D eigenvalue weighted by molar-refractivity contribution is -0.127. The van der Waals surface area contributed by atoms with Gasteiger partial charge in [0, 0.05) is 42.8 Å². The molecule has 3 aromatic rings. The van der Waals surface area contributed by atoms with Crippen molar-refractivity contribution in [3.8, 4) is 0 Å². The largest absolute Gasteiger partial charge is 0.350 e. The molecule has 0 saturated heterocycles. The highest BCUT2D eigenvalue weighted by molar-refractivity contribution is 6.16. The zero-order valence-electron chi connectivity index (χ0n) is 18.8. The maximum absolute atomic E-state index is 13.7. The van der Waals surface area contributed by atoms with E-state index < -0.39 is 0 Å². The first-order valence-corrected chi connectivity index (χ1v) is 10.9. The lowest BCUT2D eigenvalue weighted by atomic mass is 10.0. The normalized spacial score (nSPS) is 15.4. The van der Waals surface area contributed by atoms with Gasteiger partial charge < -0.3 is 9.47 Å². The molecule has 1 heterocycles. The van der Waals surface area contributed by atoms with Crippen molar-refractivity contribution in [3.05, 3.63) is 113 Å². The number of diazo groups is 1. The Bertz CT molecular complexity index is 1390. The Balaban J connectivity index is 1.68. The van der Waals surface area contributed by atoms with Crippen LogP contribution in [0.2, 0.25) is 0 Å². The van der Waals surface area contributed by atoms with Gasteiger partial charge in [-0.2, -0.15) is 5.11 Å². The van der Waals surface area contributed by atoms with Crippen LogP contribution in [0.3, 0.4) is 0 Å². The summed E-state index contributed by atoms with van der Waals surface area (Å²) in [6.07, 6.45) is 9.41. The number of allylic oxidation sites excluding steroid dienone is 5. The molecule has 0 bridgehead atoms. The zero-order valence-corrected chi connectivity index (χ0v) is 18.8. The summed E-state index contributed by atoms with van der Waals surface area (Å²) in [4.78, 5) is 15.4. The molecule has 1 amide bonds. The molecule has 8 nitrogen and oxygen atoms in total. The molecule has 34 heavy (non-hydrogen) atoms. The van der Waals surface area contributed by atoms with E-state index in [-0.39, 0.29) is 17.3 Å². The number of hydrogen-bond acceptors (Lipinski definition) is 5. The standard InChI is InChI=1S/C26H24N7O/c1-32-18-20(21-11-6-8-14-24(21)32)15-16-33(17-19-9-3-2-4-10-19)26(34)25(29-27)22-12-5-7-13-23(22)30-31-28/h2-14,18,27H,15-17H2,1H3/q+1. The summed E-state index contributed by atoms with van der Waals surface area (Å²) in [5.74, 6) is -0.389. The smallest absolute Gasteiger partial charge is 0.339 e. The topological polar surface area (TPSA) is 102 Å². The van der Waals surface area contributed by atoms with Gasteiger partial charge in [-0.05, 0) is 29.7 Å². The number of rotatable bonds is 7. The first kappa shape index (κ1) is 22.6. The molecule has 0 spiro atoms. The van der Waals surface area contributed by atoms with Crippen LogP contribution in [0.15, 0.2) is 107 Å². The molecule has 0 radical (unpaired) electrons. The van der Waals surface area contributed by atoms with Crippen LogP contribution in [-0.4, -0.2) is 27.6 Å². The molecule has 0 unspecified atom stereocenters. The van der Waals surface area contributed by atoms with Crippen LogP contribution >= 0.6 is 0 Å². The summed E-state index contributed by atoms with van der Waals surface area (Å²) < 4.78 is 2.08. The fraction of sp³-hybridized carbons (Fsp3) is 0.154. The third-order valence-electron chi connectivity index (χ3n) is 5.76. The molecule has 0 atom stereocenters. The van der Waals surface area contributed by atoms with Gasteiger partial charge >= 0.3 is 5.08 Å². The van der Waals surface area contributed by atoms with Gasteiger partial charge in [-0.3, -0.25) is 4.79 Å². The highest BCUT2D eigenvalue weighted by Gasteiger charge is 2.25. The number of nitrogens with one attached hydrogen (secondary N) is 1. The average Bonchev–Trinajstić information content (AvgIpc) is 3.19. The van der Waals surface area contributed by atoms with Gasteiger partial charge in [-0.25, -0.2) is 5.53 Å². The Hall–Kier alpha value is -4.64. The van der Waals surface area contributed by atoms with E-state index in [0.29, 0.717) is 25.1 Å². The summed E-state index contributed by atoms with van der Waals surface area (Å²) in [5, 5.41) is 20.1. The van der Waals surface area contributed by atoms with Crippen LogP contribution in [0, 0.1) is 10.9 Å². The number of amides is 1. The molecule has 4 rings (SSSR count). The molecule has 0 fully saturated rings. The van der Waals surface area contributed by atoms with Gasteiger partial charge in [0.2, 0.25) is 0 Å². The minimum atomic E-state index is -0.389. The van der Waals surface area contributed by atoms with Crippen molar-refractivity contribution in [3.63, 3.8) is 0 Å². The number of benzene rings is 2. The van der Waals surface area contributed by atoms with Gasteiger partial charge in [0.05, 0.1) is 0 Å². The van der Waals surface area contributed by atoms with E-state index in [1.807, 2.05) is 49.5 Å². The summed E-state index contributed by atoms with van der Waals surface area (Å²) >= 11 is 0. The van der Waals surface area contributed by atoms with Crippen molar-refractivity contribution in [2.75, 3.05) is 6.54 Å². The number of fused-ring (bicyclic) bond motifs is 1. The quantitative estimate of drug-likeness (QED) is 0.226. The van der Waals surface area contributed by atoms with Crippen molar-refractivity contribution in [1.29, 1.82) is 10.9 Å². The highest BCUT2D eigenvalue weighted by atomic mass is 16.2. The maximum Gasteiger partial charge on any atom is 0.339 e. The van der Waals surface area contributed by atoms with Gasteiger partial charge in [0.1, 0.15) is 0 Å². The van der Waals surface area contributed by atoms with Crippen molar-refractivity contribution in [1.82, 2.24) is 9.47 Å². The lowest BCUT2D eigenvalue weighted by Crippen LogP contribution is -2.34. The Labute approximate surface area is 197 Å². The Morgan fingerprint density at radius 2 is 1.82 bits per heavy atom. The fourth-order valence-corrected chi connectivity index (χ4v) is 4.12. The van der Waals surface area contributed by atoms with Crippen molar-refractivity contribution in [2.45, 2.75) is 13.0 Å². The molecule has 1 aliphatic rings. The Kier molecular flexibility index (Phi) is 6.84. The van der Waals surface area contributed by atoms with E-state index in [4.69, 9.17) is 10.9 Å². The van der Waals surface area contributed by atoms with Crippen LogP contribution in [-0.2, 0) is 24.8 Å². The van der Waals surface area contributed by atoms with E-state index in [2.05, 4.69) is 38.2 Å². The monoisotopic (exact) mass is 450 g/mol. The van der Waals surface area contributed by atoms with Crippen molar-refractivity contribution >= 4 is 22.5 Å². The predicted octanol–water partition coefficient (Wildman–Crippen LogP) is 5.37. The summed E-state index contributed by atoms with van der Waals surface area (Å²) in [6, 6.07) is 17.9. The summed E-state index contributed by atoms with van der Waals surface area (Å²) in [5.41, 5.74) is 11.5. The van der Waals surface area contributed by atoms with E-state index in [1.54, 1.807) is 29.2 Å². The van der Waals surface area contributed by atoms with E-state index in [9.17, 15) is 4.79 Å². The number of para-hydroxylation sites is 1. The number of carbonyl (C=O) groups excluding carboxylic acids is 1. The minimum Gasteiger partial charge on any atom is -0.350 e. The SMILES string of the molecule is Cn1cc(CCN(Cc2ccccc2)C(=O)C(N=N)=C2C=CC=CC2=N[N+]#N)c2ccccc21. The van der Waals surface area contributed by atoms with Gasteiger partial charge in [0.15, 0.2) is 16.5 Å². The number of aryl methyl sites for hydroxylation is 1. The lowest BCUT2D eigenvalue weighted by Gasteiger charge is -2.23. The Morgan fingerprint density at radius 3 is 2.59 bits per heavy atom. The number of aromatic nitrogens is 1. The molecule has 1 aromatic heterocycles. The van der Waals surface area contributed by atoms with Gasteiger partial charge in [0.25, 0.3) is 11.3 Å². The molecule has 1 N–H and O–H groups in total. The molecule has 168 valence electrons. The second-order valence-electron chi connectivity index (χ2n) is 7.91. The molecule has 0 aliphatic heterocycles. The van der Waals surface area contributed by atoms with Crippen LogP contribution in [0.1, 0.15) is 11.1 Å². The van der Waals surface area contributed by atoms with Gasteiger partial charge in [-0.15, -0.1) is 0 Å². The second-order valence-corrected chi connectivity index (χ2v) is 7.91. The van der Waals surface area contributed by atoms with Crippen LogP contribution in [0.5, 0.6) is 0 Å². The molecule has 0 saturated carbocycles. The summed E-state index contributed by atoms with van der Waals surface area (Å²) in [6.45, 7) is 0.803. The van der Waals surface area contributed by atoms with E-state index >= 15 is 0 Å². The van der Waals surface area contributed by atoms with E-state index in [1.165, 1.54) is 0 Å². The predicted molar refractivity (Wildman–Crippen MR) is 131 cm³/mol. The van der Waals surface area contributed by atoms with Crippen molar-refractivity contribution < 1.29 is 4.79 Å². The molecular weight excluding hydrogens is 426 g/mol. The highest BCUT2D eigenvalue weighted by Crippen LogP contribution is 2.23. The summed E-state index contributed by atoms with van der Waals surface area (Å²) in [7, 11) is 2.01. The fourth-order valence-electron chi connectivity index (χ4n) is 4.12. The number of carbonyl (C=O) groups is 1. The Morgan fingerprint density at radius 1 is 1.09 bits per heavy atom. The minimum absolute atomic E-state index is 0.0585.